The molecule has 72 valence electrons. The summed E-state index contributed by atoms with van der Waals surface area (Å²) < 4.78 is 5.37. The maximum atomic E-state index is 5.48. The number of aromatic nitrogens is 2. The van der Waals surface area contributed by atoms with Crippen LogP contribution in [0.5, 0.6) is 0 Å². The van der Waals surface area contributed by atoms with Gasteiger partial charge in [0.05, 0.1) is 6.61 Å². The van der Waals surface area contributed by atoms with E-state index in [1.165, 1.54) is 0 Å². The van der Waals surface area contributed by atoms with Gasteiger partial charge in [-0.05, 0) is 6.42 Å². The maximum absolute atomic E-state index is 5.48. The van der Waals surface area contributed by atoms with E-state index in [1.54, 1.807) is 11.3 Å². The second-order valence-electron chi connectivity index (χ2n) is 3.57. The van der Waals surface area contributed by atoms with E-state index in [4.69, 9.17) is 10.5 Å². The van der Waals surface area contributed by atoms with Crippen LogP contribution in [0.15, 0.2) is 0 Å². The molecule has 1 saturated heterocycles. The van der Waals surface area contributed by atoms with Crippen LogP contribution < -0.4 is 5.73 Å². The molecule has 1 aliphatic heterocycles. The molecule has 1 aliphatic rings. The van der Waals surface area contributed by atoms with Gasteiger partial charge in [0.15, 0.2) is 0 Å². The quantitative estimate of drug-likeness (QED) is 0.760. The van der Waals surface area contributed by atoms with Crippen LogP contribution in [0.4, 0.5) is 0 Å². The number of hydrogen-bond donors (Lipinski definition) is 1. The molecule has 0 radical (unpaired) electrons. The van der Waals surface area contributed by atoms with Crippen LogP contribution in [-0.4, -0.2) is 23.4 Å². The van der Waals surface area contributed by atoms with Crippen molar-refractivity contribution in [3.8, 4) is 0 Å². The summed E-state index contributed by atoms with van der Waals surface area (Å²) >= 11 is 1.60. The Morgan fingerprint density at radius 2 is 2.46 bits per heavy atom. The Bertz CT molecular complexity index is 293. The van der Waals surface area contributed by atoms with Crippen molar-refractivity contribution in [2.75, 3.05) is 13.2 Å². The Labute approximate surface area is 81.1 Å². The summed E-state index contributed by atoms with van der Waals surface area (Å²) in [6, 6.07) is 0. The van der Waals surface area contributed by atoms with Crippen molar-refractivity contribution < 1.29 is 4.74 Å². The number of nitrogens with zero attached hydrogens (tertiary/aromatic N) is 2. The van der Waals surface area contributed by atoms with E-state index in [2.05, 4.69) is 17.1 Å². The van der Waals surface area contributed by atoms with Crippen molar-refractivity contribution in [3.05, 3.63) is 10.0 Å². The second-order valence-corrected chi connectivity index (χ2v) is 4.63. The molecule has 0 aliphatic carbocycles. The monoisotopic (exact) mass is 199 g/mol. The Morgan fingerprint density at radius 1 is 1.62 bits per heavy atom. The Balaban J connectivity index is 2.23. The highest BCUT2D eigenvalue weighted by molar-refractivity contribution is 7.11. The fourth-order valence-corrected chi connectivity index (χ4v) is 2.29. The predicted octanol–water partition coefficient (Wildman–Crippen LogP) is 0.675. The summed E-state index contributed by atoms with van der Waals surface area (Å²) in [6.45, 7) is 4.23. The first-order chi connectivity index (χ1) is 6.24. The highest BCUT2D eigenvalue weighted by atomic mass is 32.1. The zero-order valence-electron chi connectivity index (χ0n) is 7.62. The molecule has 13 heavy (non-hydrogen) atoms. The fraction of sp³-hybridized carbons (Fsp3) is 0.750. The van der Waals surface area contributed by atoms with Gasteiger partial charge in [-0.2, -0.15) is 0 Å². The summed E-state index contributed by atoms with van der Waals surface area (Å²) in [5, 5.41) is 10.1. The van der Waals surface area contributed by atoms with Gasteiger partial charge in [0.2, 0.25) is 0 Å². The van der Waals surface area contributed by atoms with Crippen molar-refractivity contribution in [2.24, 2.45) is 5.73 Å². The number of nitrogens with two attached hydrogens (primary N) is 1. The van der Waals surface area contributed by atoms with Crippen molar-refractivity contribution in [3.63, 3.8) is 0 Å². The van der Waals surface area contributed by atoms with Crippen LogP contribution in [0.2, 0.25) is 0 Å². The zero-order chi connectivity index (χ0) is 9.31. The third-order valence-corrected chi connectivity index (χ3v) is 3.63. The van der Waals surface area contributed by atoms with Crippen LogP contribution >= 0.6 is 11.3 Å². The molecule has 0 spiro atoms. The first kappa shape index (κ1) is 9.05. The number of ether oxygens (including phenoxy) is 1. The Hall–Kier alpha value is -0.520. The average molecular weight is 199 g/mol. The largest absolute Gasteiger partial charge is 0.380 e. The lowest BCUT2D eigenvalue weighted by molar-refractivity contribution is 0.180. The van der Waals surface area contributed by atoms with Crippen molar-refractivity contribution in [1.29, 1.82) is 0 Å². The lowest BCUT2D eigenvalue weighted by Crippen LogP contribution is -2.21. The molecule has 0 saturated carbocycles. The lowest BCUT2D eigenvalue weighted by atomic mass is 9.91. The topological polar surface area (TPSA) is 61.0 Å². The van der Waals surface area contributed by atoms with E-state index in [1.807, 2.05) is 0 Å². The molecule has 0 amide bonds. The molecule has 2 rings (SSSR count). The van der Waals surface area contributed by atoms with Gasteiger partial charge < -0.3 is 10.5 Å². The summed E-state index contributed by atoms with van der Waals surface area (Å²) in [6.07, 6.45) is 1.03. The van der Waals surface area contributed by atoms with Gasteiger partial charge in [-0.3, -0.25) is 0 Å². The minimum absolute atomic E-state index is 0.0745. The van der Waals surface area contributed by atoms with E-state index in [-0.39, 0.29) is 5.41 Å². The van der Waals surface area contributed by atoms with E-state index in [9.17, 15) is 0 Å². The van der Waals surface area contributed by atoms with Crippen LogP contribution in [0.1, 0.15) is 23.4 Å². The summed E-state index contributed by atoms with van der Waals surface area (Å²) in [7, 11) is 0. The summed E-state index contributed by atoms with van der Waals surface area (Å²) in [5.41, 5.74) is 5.56. The van der Waals surface area contributed by atoms with E-state index in [0.29, 0.717) is 6.54 Å². The SMILES string of the molecule is CC1(c2nnc(CN)s2)CCOC1. The van der Waals surface area contributed by atoms with Gasteiger partial charge in [-0.25, -0.2) is 0 Å². The molecule has 5 heteroatoms. The van der Waals surface area contributed by atoms with Crippen molar-refractivity contribution in [2.45, 2.75) is 25.3 Å². The third kappa shape index (κ3) is 1.59. The van der Waals surface area contributed by atoms with Gasteiger partial charge in [0, 0.05) is 18.6 Å². The zero-order valence-corrected chi connectivity index (χ0v) is 8.43. The summed E-state index contributed by atoms with van der Waals surface area (Å²) in [5.74, 6) is 0. The molecular weight excluding hydrogens is 186 g/mol. The molecule has 0 aromatic carbocycles. The number of hydrogen-bond acceptors (Lipinski definition) is 5. The van der Waals surface area contributed by atoms with Gasteiger partial charge in [0.25, 0.3) is 0 Å². The molecule has 4 nitrogen and oxygen atoms in total. The highest BCUT2D eigenvalue weighted by Crippen LogP contribution is 2.34. The van der Waals surface area contributed by atoms with Crippen molar-refractivity contribution >= 4 is 11.3 Å². The van der Waals surface area contributed by atoms with Crippen LogP contribution in [0, 0.1) is 0 Å². The first-order valence-corrected chi connectivity index (χ1v) is 5.17. The Kier molecular flexibility index (Phi) is 2.31. The molecule has 2 N–H and O–H groups in total. The molecule has 0 bridgehead atoms. The molecule has 2 heterocycles. The third-order valence-electron chi connectivity index (χ3n) is 2.38. The predicted molar refractivity (Wildman–Crippen MR) is 50.6 cm³/mol. The normalized spacial score (nSPS) is 28.2. The molecular formula is C8H13N3OS. The number of rotatable bonds is 2. The minimum atomic E-state index is 0.0745. The van der Waals surface area contributed by atoms with Crippen LogP contribution in [-0.2, 0) is 16.7 Å². The van der Waals surface area contributed by atoms with Crippen LogP contribution in [0.3, 0.4) is 0 Å². The van der Waals surface area contributed by atoms with Crippen LogP contribution in [0.25, 0.3) is 0 Å². The smallest absolute Gasteiger partial charge is 0.131 e. The fourth-order valence-electron chi connectivity index (χ4n) is 1.42. The maximum Gasteiger partial charge on any atom is 0.131 e. The molecule has 1 fully saturated rings. The lowest BCUT2D eigenvalue weighted by Gasteiger charge is -2.16. The van der Waals surface area contributed by atoms with Crippen molar-refractivity contribution in [1.82, 2.24) is 10.2 Å². The van der Waals surface area contributed by atoms with Gasteiger partial charge in [-0.1, -0.05) is 18.3 Å². The summed E-state index contributed by atoms with van der Waals surface area (Å²) in [4.78, 5) is 0. The van der Waals surface area contributed by atoms with E-state index >= 15 is 0 Å². The molecule has 1 atom stereocenters. The molecule has 1 aromatic heterocycles. The van der Waals surface area contributed by atoms with Gasteiger partial charge in [-0.15, -0.1) is 10.2 Å². The van der Waals surface area contributed by atoms with E-state index in [0.717, 1.165) is 29.6 Å². The first-order valence-electron chi connectivity index (χ1n) is 4.35. The minimum Gasteiger partial charge on any atom is -0.380 e. The molecule has 1 aromatic rings. The second kappa shape index (κ2) is 3.32. The standard InChI is InChI=1S/C8H13N3OS/c1-8(2-3-12-5-8)7-11-10-6(4-9)13-7/h2-5,9H2,1H3. The van der Waals surface area contributed by atoms with E-state index < -0.39 is 0 Å². The molecule has 1 unspecified atom stereocenters. The van der Waals surface area contributed by atoms with Gasteiger partial charge >= 0.3 is 0 Å². The Morgan fingerprint density at radius 3 is 3.00 bits per heavy atom. The average Bonchev–Trinajstić information content (AvgIpc) is 2.72. The van der Waals surface area contributed by atoms with Gasteiger partial charge in [0.1, 0.15) is 10.0 Å². The highest BCUT2D eigenvalue weighted by Gasteiger charge is 2.35.